The van der Waals surface area contributed by atoms with Gasteiger partial charge in [0.2, 0.25) is 0 Å². The summed E-state index contributed by atoms with van der Waals surface area (Å²) in [6.07, 6.45) is 17.1. The summed E-state index contributed by atoms with van der Waals surface area (Å²) in [5, 5.41) is 0. The van der Waals surface area contributed by atoms with Gasteiger partial charge in [-0.3, -0.25) is 19.2 Å². The Balaban J connectivity index is 1.30. The van der Waals surface area contributed by atoms with Crippen LogP contribution < -0.4 is 0 Å². The highest BCUT2D eigenvalue weighted by atomic mass is 16.6. The molecule has 0 radical (unpaired) electrons. The third-order valence-corrected chi connectivity index (χ3v) is 8.81. The number of rotatable bonds is 0. The summed E-state index contributed by atoms with van der Waals surface area (Å²) in [5.41, 5.74) is 0. The van der Waals surface area contributed by atoms with Gasteiger partial charge in [0, 0.05) is 0 Å². The molecule has 4 fully saturated rings. The van der Waals surface area contributed by atoms with E-state index in [2.05, 4.69) is 48.6 Å². The maximum atomic E-state index is 12.3. The van der Waals surface area contributed by atoms with Gasteiger partial charge < -0.3 is 9.47 Å². The average molecular weight is 404 g/mol. The Bertz CT molecular complexity index is 874. The van der Waals surface area contributed by atoms with Gasteiger partial charge in [-0.25, -0.2) is 0 Å². The first-order valence-corrected chi connectivity index (χ1v) is 10.8. The lowest BCUT2D eigenvalue weighted by molar-refractivity contribution is -0.155. The molecule has 0 aromatic rings. The Morgan fingerprint density at radius 3 is 0.800 bits per heavy atom. The number of esters is 4. The summed E-state index contributed by atoms with van der Waals surface area (Å²) < 4.78 is 10.0. The van der Waals surface area contributed by atoms with Crippen molar-refractivity contribution in [2.24, 2.45) is 71.0 Å². The molecule has 0 unspecified atom stereocenters. The molecule has 9 rings (SSSR count). The van der Waals surface area contributed by atoms with Crippen LogP contribution in [-0.4, -0.2) is 23.9 Å². The van der Waals surface area contributed by atoms with Crippen molar-refractivity contribution >= 4 is 23.9 Å². The van der Waals surface area contributed by atoms with Crippen LogP contribution in [0.4, 0.5) is 0 Å². The van der Waals surface area contributed by atoms with Gasteiger partial charge in [-0.15, -0.1) is 0 Å². The molecule has 2 saturated carbocycles. The van der Waals surface area contributed by atoms with Crippen molar-refractivity contribution in [3.05, 3.63) is 48.6 Å². The molecular weight excluding hydrogens is 384 g/mol. The predicted octanol–water partition coefficient (Wildman–Crippen LogP) is 1.84. The molecule has 7 aliphatic carbocycles. The van der Waals surface area contributed by atoms with Gasteiger partial charge in [0.15, 0.2) is 0 Å². The number of carbonyl (C=O) groups excluding carboxylic acids is 4. The Morgan fingerprint density at radius 1 is 0.367 bits per heavy atom. The van der Waals surface area contributed by atoms with Crippen molar-refractivity contribution in [1.82, 2.24) is 0 Å². The Hall–Kier alpha value is -2.76. The van der Waals surface area contributed by atoms with Crippen LogP contribution in [0.3, 0.4) is 0 Å². The molecule has 6 heteroatoms. The molecule has 2 aliphatic heterocycles. The number of carbonyl (C=O) groups is 4. The smallest absolute Gasteiger partial charge is 0.318 e. The first-order valence-electron chi connectivity index (χ1n) is 10.8. The standard InChI is InChI=1S/C24H20O6/c25-21-17-13-5-6-15(19(17)23(27)29-21)11-3-4-12-10(2-1-9(11)13)14-7-8-16(12)20-18(14)22(26)30-24(20)28/h1-20H/t9-,10-,11+,12+,13-,14+,15-,16+,17+,18-,19-,20-/m0/s1. The monoisotopic (exact) mass is 404 g/mol. The van der Waals surface area contributed by atoms with Gasteiger partial charge in [-0.2, -0.15) is 0 Å². The quantitative estimate of drug-likeness (QED) is 0.348. The molecule has 12 atom stereocenters. The van der Waals surface area contributed by atoms with Crippen LogP contribution in [0, 0.1) is 71.0 Å². The van der Waals surface area contributed by atoms with Crippen LogP contribution in [0.15, 0.2) is 48.6 Å². The second-order valence-electron chi connectivity index (χ2n) is 9.74. The van der Waals surface area contributed by atoms with E-state index in [0.29, 0.717) is 0 Å². The van der Waals surface area contributed by atoms with Crippen molar-refractivity contribution in [1.29, 1.82) is 0 Å². The topological polar surface area (TPSA) is 86.7 Å². The Morgan fingerprint density at radius 2 is 0.567 bits per heavy atom. The van der Waals surface area contributed by atoms with E-state index in [1.165, 1.54) is 0 Å². The molecule has 2 saturated heterocycles. The van der Waals surface area contributed by atoms with Gasteiger partial charge in [-0.1, -0.05) is 48.6 Å². The van der Waals surface area contributed by atoms with Crippen LogP contribution in [0.5, 0.6) is 0 Å². The van der Waals surface area contributed by atoms with Crippen molar-refractivity contribution in [3.8, 4) is 0 Å². The first-order chi connectivity index (χ1) is 14.5. The molecule has 4 bridgehead atoms. The summed E-state index contributed by atoms with van der Waals surface area (Å²) in [6.45, 7) is 0. The van der Waals surface area contributed by atoms with Crippen LogP contribution in [0.2, 0.25) is 0 Å². The maximum Gasteiger partial charge on any atom is 0.318 e. The molecule has 0 N–H and O–H groups in total. The molecule has 152 valence electrons. The molecule has 0 amide bonds. The second kappa shape index (κ2) is 5.48. The van der Waals surface area contributed by atoms with Crippen LogP contribution in [0.1, 0.15) is 0 Å². The van der Waals surface area contributed by atoms with E-state index in [-0.39, 0.29) is 47.3 Å². The number of hydrogen-bond donors (Lipinski definition) is 0. The summed E-state index contributed by atoms with van der Waals surface area (Å²) in [5.74, 6) is -2.87. The Labute approximate surface area is 172 Å². The van der Waals surface area contributed by atoms with E-state index >= 15 is 0 Å². The normalized spacial score (nSPS) is 53.6. The largest absolute Gasteiger partial charge is 0.393 e. The van der Waals surface area contributed by atoms with Gasteiger partial charge >= 0.3 is 23.9 Å². The van der Waals surface area contributed by atoms with E-state index in [4.69, 9.17) is 9.47 Å². The van der Waals surface area contributed by atoms with Crippen molar-refractivity contribution in [2.45, 2.75) is 0 Å². The van der Waals surface area contributed by atoms with E-state index in [9.17, 15) is 19.2 Å². The highest BCUT2D eigenvalue weighted by molar-refractivity contribution is 5.98. The molecule has 0 aromatic carbocycles. The minimum absolute atomic E-state index is 0.0523. The van der Waals surface area contributed by atoms with Crippen molar-refractivity contribution in [3.63, 3.8) is 0 Å². The van der Waals surface area contributed by atoms with E-state index in [1.54, 1.807) is 0 Å². The third kappa shape index (κ3) is 1.86. The third-order valence-electron chi connectivity index (χ3n) is 8.81. The van der Waals surface area contributed by atoms with E-state index in [0.717, 1.165) is 0 Å². The lowest BCUT2D eigenvalue weighted by atomic mass is 9.50. The highest BCUT2D eigenvalue weighted by Crippen LogP contribution is 2.59. The minimum atomic E-state index is -0.394. The number of ether oxygens (including phenoxy) is 2. The van der Waals surface area contributed by atoms with E-state index < -0.39 is 47.5 Å². The average Bonchev–Trinajstić information content (AvgIpc) is 3.20. The Kier molecular flexibility index (Phi) is 3.10. The zero-order valence-electron chi connectivity index (χ0n) is 16.0. The fraction of sp³-hybridized carbons (Fsp3) is 0.500. The predicted molar refractivity (Wildman–Crippen MR) is 101 cm³/mol. The van der Waals surface area contributed by atoms with Gasteiger partial charge in [-0.05, 0) is 47.3 Å². The lowest BCUT2D eigenvalue weighted by Crippen LogP contribution is -2.50. The number of allylic oxidation sites excluding steroid dienone is 8. The SMILES string of the molecule is O=C1OC(=O)[C@H]2[C@H]3C=C[C@@H]([C@H]4C=C[C@H]5[C@@H](C=C[C@H]43)[C@H]3C=C[C@H]5[C@@H]4C(=O)OC(=O)[C@@H]34)[C@@H]12. The van der Waals surface area contributed by atoms with Crippen LogP contribution in [0.25, 0.3) is 0 Å². The number of cyclic esters (lactones) is 4. The molecule has 30 heavy (non-hydrogen) atoms. The molecule has 9 aliphatic rings. The summed E-state index contributed by atoms with van der Waals surface area (Å²) >= 11 is 0. The van der Waals surface area contributed by atoms with Crippen LogP contribution >= 0.6 is 0 Å². The van der Waals surface area contributed by atoms with E-state index in [1.807, 2.05) is 0 Å². The molecule has 0 spiro atoms. The van der Waals surface area contributed by atoms with Gasteiger partial charge in [0.05, 0.1) is 23.7 Å². The molecule has 2 heterocycles. The molecule has 0 aromatic heterocycles. The van der Waals surface area contributed by atoms with Crippen molar-refractivity contribution < 1.29 is 28.7 Å². The fourth-order valence-electron chi connectivity index (χ4n) is 7.67. The zero-order chi connectivity index (χ0) is 20.3. The maximum absolute atomic E-state index is 12.3. The lowest BCUT2D eigenvalue weighted by Gasteiger charge is -2.51. The minimum Gasteiger partial charge on any atom is -0.393 e. The highest BCUT2D eigenvalue weighted by Gasteiger charge is 2.63. The molecule has 6 nitrogen and oxygen atoms in total. The first kappa shape index (κ1) is 17.0. The number of hydrogen-bond acceptors (Lipinski definition) is 6. The fourth-order valence-corrected chi connectivity index (χ4v) is 7.67. The van der Waals surface area contributed by atoms with Crippen molar-refractivity contribution in [2.75, 3.05) is 0 Å². The van der Waals surface area contributed by atoms with Crippen LogP contribution in [-0.2, 0) is 28.7 Å². The summed E-state index contributed by atoms with van der Waals surface area (Å²) in [7, 11) is 0. The summed E-state index contributed by atoms with van der Waals surface area (Å²) in [4.78, 5) is 49.4. The zero-order valence-corrected chi connectivity index (χ0v) is 16.0. The second-order valence-corrected chi connectivity index (χ2v) is 9.74. The van der Waals surface area contributed by atoms with Gasteiger partial charge in [0.25, 0.3) is 0 Å². The van der Waals surface area contributed by atoms with Gasteiger partial charge in [0.1, 0.15) is 0 Å². The summed E-state index contributed by atoms with van der Waals surface area (Å²) in [6, 6.07) is 0. The molecular formula is C24H20O6.